The van der Waals surface area contributed by atoms with E-state index in [4.69, 9.17) is 14.7 Å². The van der Waals surface area contributed by atoms with Crippen molar-refractivity contribution in [3.8, 4) is 27.4 Å². The molecule has 4 aliphatic heterocycles. The zero-order valence-corrected chi connectivity index (χ0v) is 61.3. The first-order valence-electron chi connectivity index (χ1n) is 36.5. The van der Waals surface area contributed by atoms with Gasteiger partial charge in [0.2, 0.25) is 29.5 Å². The summed E-state index contributed by atoms with van der Waals surface area (Å²) in [7, 11) is 0. The molecule has 3 aromatic heterocycles. The van der Waals surface area contributed by atoms with Crippen LogP contribution in [-0.4, -0.2) is 169 Å². The molecule has 4 atom stereocenters. The number of ether oxygens (including phenoxy) is 1. The molecule has 22 nitrogen and oxygen atoms in total. The van der Waals surface area contributed by atoms with Gasteiger partial charge in [0, 0.05) is 99.2 Å². The van der Waals surface area contributed by atoms with Crippen LogP contribution >= 0.6 is 11.3 Å². The van der Waals surface area contributed by atoms with Crippen LogP contribution in [0.3, 0.4) is 0 Å². The predicted molar refractivity (Wildman–Crippen MR) is 388 cm³/mol. The molecule has 3 saturated heterocycles. The lowest BCUT2D eigenvalue weighted by atomic mass is 9.73. The highest BCUT2D eigenvalue weighted by Gasteiger charge is 2.57. The van der Waals surface area contributed by atoms with Crippen LogP contribution in [0.1, 0.15) is 184 Å². The number of thiazole rings is 1. The summed E-state index contributed by atoms with van der Waals surface area (Å²) in [6.45, 7) is 21.8. The molecule has 7 heterocycles. The zero-order chi connectivity index (χ0) is 72.7. The third kappa shape index (κ3) is 15.4. The first kappa shape index (κ1) is 73.3. The number of hydrogen-bond donors (Lipinski definition) is 6. The summed E-state index contributed by atoms with van der Waals surface area (Å²) in [4.78, 5) is 119. The molecule has 3 aromatic carbocycles. The number of hydrogen-bond acceptors (Lipinski definition) is 15. The number of likely N-dealkylation sites (tertiary alicyclic amines) is 3. The number of pyridine rings is 1. The number of unbranched alkanes of at least 4 members (excludes halogenated alkanes) is 4. The van der Waals surface area contributed by atoms with Gasteiger partial charge in [-0.15, -0.1) is 11.3 Å². The first-order chi connectivity index (χ1) is 48.6. The topological polar surface area (TPSA) is 266 Å². The van der Waals surface area contributed by atoms with E-state index in [1.54, 1.807) is 46.5 Å². The zero-order valence-electron chi connectivity index (χ0n) is 60.5. The van der Waals surface area contributed by atoms with Gasteiger partial charge in [0.15, 0.2) is 11.5 Å². The number of nitrogens with zero attached hydrogens (tertiary/aromatic N) is 8. The fraction of sp³-hybridized carbons (Fsp3) is 0.558. The van der Waals surface area contributed by atoms with E-state index < -0.39 is 58.2 Å². The number of aryl methyl sites for hydroxylation is 2. The number of rotatable bonds is 25. The third-order valence-electron chi connectivity index (χ3n) is 21.6. The molecule has 2 aliphatic carbocycles. The second-order valence-electron chi connectivity index (χ2n) is 30.8. The van der Waals surface area contributed by atoms with Gasteiger partial charge in [0.1, 0.15) is 29.2 Å². The summed E-state index contributed by atoms with van der Waals surface area (Å²) in [5.41, 5.74) is 6.06. The maximum atomic E-state index is 16.0. The lowest BCUT2D eigenvalue weighted by Crippen LogP contribution is -2.59. The Morgan fingerprint density at radius 2 is 1.56 bits per heavy atom. The van der Waals surface area contributed by atoms with Gasteiger partial charge < -0.3 is 55.7 Å². The van der Waals surface area contributed by atoms with Gasteiger partial charge in [0.25, 0.3) is 11.8 Å². The molecule has 2 saturated carbocycles. The van der Waals surface area contributed by atoms with Gasteiger partial charge in [0.05, 0.1) is 63.4 Å². The fourth-order valence-electron chi connectivity index (χ4n) is 15.5. The summed E-state index contributed by atoms with van der Waals surface area (Å²) >= 11 is 1.52. The minimum Gasteiger partial charge on any atom is -0.493 e. The number of alkyl halides is 1. The van der Waals surface area contributed by atoms with Crippen molar-refractivity contribution in [3.05, 3.63) is 100 Å². The van der Waals surface area contributed by atoms with Gasteiger partial charge in [-0.05, 0) is 165 Å². The molecule has 1 spiro atoms. The largest absolute Gasteiger partial charge is 0.493 e. The Labute approximate surface area is 599 Å². The van der Waals surface area contributed by atoms with Crippen LogP contribution in [0.5, 0.6) is 5.75 Å². The molecule has 6 aromatic rings. The molecular weight excluding hydrogens is 1320 g/mol. The molecule has 6 N–H and O–H groups in total. The average Bonchev–Trinajstić information content (AvgIpc) is 1.55. The lowest BCUT2D eigenvalue weighted by molar-refractivity contribution is -0.145. The van der Waals surface area contributed by atoms with Crippen molar-refractivity contribution in [2.24, 2.45) is 11.3 Å². The van der Waals surface area contributed by atoms with Gasteiger partial charge >= 0.3 is 0 Å². The van der Waals surface area contributed by atoms with E-state index in [2.05, 4.69) is 48.6 Å². The van der Waals surface area contributed by atoms with E-state index in [-0.39, 0.29) is 91.8 Å². The van der Waals surface area contributed by atoms with Crippen LogP contribution in [0.2, 0.25) is 0 Å². The van der Waals surface area contributed by atoms with Crippen molar-refractivity contribution >= 4 is 80.9 Å². The van der Waals surface area contributed by atoms with E-state index in [0.717, 1.165) is 103 Å². The first-order valence-corrected chi connectivity index (χ1v) is 37.4. The molecule has 0 bridgehead atoms. The van der Waals surface area contributed by atoms with E-state index >= 15 is 9.18 Å². The summed E-state index contributed by atoms with van der Waals surface area (Å²) < 4.78 is 39.2. The van der Waals surface area contributed by atoms with Gasteiger partial charge in [-0.2, -0.15) is 0 Å². The van der Waals surface area contributed by atoms with Crippen molar-refractivity contribution in [1.29, 1.82) is 0 Å². The van der Waals surface area contributed by atoms with Crippen LogP contribution in [-0.2, 0) is 40.7 Å². The Bertz CT molecular complexity index is 4170. The molecule has 6 aliphatic rings. The molecule has 25 heteroatoms. The number of anilines is 3. The Kier molecular flexibility index (Phi) is 21.6. The maximum Gasteiger partial charge on any atom is 0.258 e. The Morgan fingerprint density at radius 3 is 2.25 bits per heavy atom. The number of aromatic nitrogens is 4. The van der Waals surface area contributed by atoms with Crippen LogP contribution in [0.15, 0.2) is 66.4 Å². The van der Waals surface area contributed by atoms with Gasteiger partial charge in [-0.3, -0.25) is 38.5 Å². The number of halogens is 2. The summed E-state index contributed by atoms with van der Waals surface area (Å²) in [6.07, 6.45) is 9.56. The summed E-state index contributed by atoms with van der Waals surface area (Å²) in [6, 6.07) is 14.6. The Balaban J connectivity index is 0.641. The fourth-order valence-corrected chi connectivity index (χ4v) is 16.3. The van der Waals surface area contributed by atoms with Gasteiger partial charge in [-0.25, -0.2) is 23.7 Å². The lowest BCUT2D eigenvalue weighted by Gasteiger charge is -2.49. The Hall–Kier alpha value is -8.42. The number of aliphatic hydroxyl groups excluding tert-OH is 1. The van der Waals surface area contributed by atoms with Crippen LogP contribution in [0.4, 0.5) is 26.0 Å². The molecule has 5 fully saturated rings. The van der Waals surface area contributed by atoms with Crippen LogP contribution < -0.4 is 36.2 Å². The van der Waals surface area contributed by atoms with Crippen molar-refractivity contribution in [1.82, 2.24) is 55.5 Å². The average molecular weight is 1420 g/mol. The number of β-amino-alcohol motifs (C(OH)–C–C–N with tert-alkyl or cyclic N) is 1. The second kappa shape index (κ2) is 30.1. The molecule has 12 rings (SSSR count). The predicted octanol–water partition coefficient (Wildman–Crippen LogP) is 10.7. The second-order valence-corrected chi connectivity index (χ2v) is 31.7. The maximum absolute atomic E-state index is 16.0. The van der Waals surface area contributed by atoms with Crippen LogP contribution in [0.25, 0.3) is 32.7 Å². The molecule has 7 amide bonds. The number of piperidine rings is 2. The molecular formula is C77H99F2N13O9S. The smallest absolute Gasteiger partial charge is 0.258 e. The van der Waals surface area contributed by atoms with E-state index in [1.807, 2.05) is 79.3 Å². The van der Waals surface area contributed by atoms with Crippen molar-refractivity contribution in [2.45, 2.75) is 219 Å². The normalized spacial score (nSPS) is 21.1. The number of amides is 7. The number of benzene rings is 3. The highest BCUT2D eigenvalue weighted by molar-refractivity contribution is 7.13. The molecule has 0 radical (unpaired) electrons. The standard InChI is InChI=1S/C77H99F2N13O9S/c1-44(2)84-70(96)56-37-60(58(78)31-46(56)5)86-68-65-61(82-42-91(65)45(3)4)38-59(85-68)49-20-21-57-62(32-49)92(74(100)76(57)24-28-88(29-25-76)48(7)93)54-34-53(35-54)89-27-16-17-52(40-89)69(95)80-26-14-12-11-13-15-30-101-64-33-50(66-47(6)83-43-102-66)18-19-51(64)39-81-71(97)63-36-55(94)41-90(63)72(98)67(75(8,9)10)87-73(99)77(79)22-23-77/h18-21,31-33,37-38,42-45,52-55,63,67,94H,11-17,22-30,34-36,39-41H2,1-10H3,(H,80,95)(H,81,97)(H,84,96)(H,85,86)(H,87,99)/t52-,53-,54+,55-,63+,67-/m1/s1. The number of carbonyl (C=O) groups excluding carboxylic acids is 7. The van der Waals surface area contributed by atoms with Crippen LogP contribution in [0, 0.1) is 31.0 Å². The van der Waals surface area contributed by atoms with E-state index in [9.17, 15) is 38.3 Å². The number of imidazole rings is 1. The highest BCUT2D eigenvalue weighted by atomic mass is 32.1. The van der Waals surface area contributed by atoms with E-state index in [0.29, 0.717) is 85.0 Å². The van der Waals surface area contributed by atoms with Crippen molar-refractivity contribution in [3.63, 3.8) is 0 Å². The quantitative estimate of drug-likeness (QED) is 0.0291. The number of nitrogens with one attached hydrogen (secondary N) is 5. The van der Waals surface area contributed by atoms with E-state index in [1.165, 1.54) is 28.4 Å². The summed E-state index contributed by atoms with van der Waals surface area (Å²) in [5.74, 6) is -1.78. The SMILES string of the molecule is CC(=O)N1CCC2(CC1)C(=O)N([C@H]1C[C@@H](N3CCC[C@@H](C(=O)NCCCCCCCOc4cc(-c5scnc5C)ccc4CNC(=O)[C@@H]4C[C@@H](O)CN4C(=O)[C@@H](NC(=O)C4(F)CC4)C(C)(C)C)C3)C1)c1cc(-c3cc4ncn(C(C)C)c4c(Nc4cc(C(=O)NC(C)C)c(C)cc4F)n3)ccc12. The molecule has 546 valence electrons. The molecule has 102 heavy (non-hydrogen) atoms. The number of carbonyl (C=O) groups is 7. The minimum absolute atomic E-state index is 0.0109. The minimum atomic E-state index is -1.99. The van der Waals surface area contributed by atoms with Gasteiger partial charge in [-0.1, -0.05) is 64.3 Å². The monoisotopic (exact) mass is 1420 g/mol. The highest BCUT2D eigenvalue weighted by Crippen LogP contribution is 2.53. The number of fused-ring (bicyclic) bond motifs is 3. The van der Waals surface area contributed by atoms with Crippen molar-refractivity contribution < 1.29 is 52.2 Å². The Morgan fingerprint density at radius 1 is 0.824 bits per heavy atom. The third-order valence-corrected chi connectivity index (χ3v) is 22.6. The number of aliphatic hydroxyl groups is 1. The van der Waals surface area contributed by atoms with Crippen molar-refractivity contribution in [2.75, 3.05) is 56.1 Å². The molecule has 0 unspecified atom stereocenters. The summed E-state index contributed by atoms with van der Waals surface area (Å²) in [5, 5.41) is 25.8.